The molecule has 0 saturated carbocycles. The second-order valence-corrected chi connectivity index (χ2v) is 12.4. The van der Waals surface area contributed by atoms with Crippen LogP contribution in [0.3, 0.4) is 0 Å². The van der Waals surface area contributed by atoms with E-state index in [1.807, 2.05) is 13.0 Å². The molecule has 1 aromatic carbocycles. The topological polar surface area (TPSA) is 111 Å². The van der Waals surface area contributed by atoms with Crippen molar-refractivity contribution in [3.8, 4) is 5.75 Å². The van der Waals surface area contributed by atoms with Gasteiger partial charge in [-0.25, -0.2) is 4.79 Å². The normalized spacial score (nSPS) is 17.7. The average molecular weight is 610 g/mol. The van der Waals surface area contributed by atoms with Crippen molar-refractivity contribution < 1.29 is 33.4 Å². The fraction of sp³-hybridized carbons (Fsp3) is 0.520. The summed E-state index contributed by atoms with van der Waals surface area (Å²) in [4.78, 5) is 51.9. The molecule has 2 amide bonds. The number of nitrogens with zero attached hydrogens (tertiary/aromatic N) is 1. The maximum atomic E-state index is 13.2. The second-order valence-electron chi connectivity index (χ2n) is 8.62. The first-order valence-corrected chi connectivity index (χ1v) is 14.0. The lowest BCUT2D eigenvalue weighted by atomic mass is 10.0. The van der Waals surface area contributed by atoms with Crippen LogP contribution in [0.15, 0.2) is 41.6 Å². The summed E-state index contributed by atoms with van der Waals surface area (Å²) in [5, 5.41) is 1.95. The van der Waals surface area contributed by atoms with Gasteiger partial charge in [0.2, 0.25) is 3.79 Å². The van der Waals surface area contributed by atoms with E-state index >= 15 is 0 Å². The summed E-state index contributed by atoms with van der Waals surface area (Å²) in [5.41, 5.74) is 0.446. The monoisotopic (exact) mass is 608 g/mol. The molecule has 1 fully saturated rings. The third-order valence-corrected chi connectivity index (χ3v) is 6.84. The van der Waals surface area contributed by atoms with E-state index in [1.165, 1.54) is 16.7 Å². The minimum atomic E-state index is -1.83. The molecule has 3 unspecified atom stereocenters. The van der Waals surface area contributed by atoms with Crippen molar-refractivity contribution >= 4 is 70.3 Å². The number of esters is 2. The highest BCUT2D eigenvalue weighted by Crippen LogP contribution is 2.36. The van der Waals surface area contributed by atoms with Gasteiger partial charge >= 0.3 is 11.9 Å². The number of hydrogen-bond donors (Lipinski definition) is 1. The number of carbonyl (C=O) groups excluding carboxylic acids is 4. The number of rotatable bonds is 13. The molecule has 1 heterocycles. The Morgan fingerprint density at radius 2 is 1.82 bits per heavy atom. The molecule has 210 valence electrons. The van der Waals surface area contributed by atoms with Crippen molar-refractivity contribution in [3.05, 3.63) is 41.6 Å². The molecule has 0 radical (unpaired) electrons. The van der Waals surface area contributed by atoms with Crippen LogP contribution in [-0.2, 0) is 28.7 Å². The molecule has 0 bridgehead atoms. The number of benzene rings is 1. The van der Waals surface area contributed by atoms with Crippen LogP contribution >= 0.6 is 46.6 Å². The van der Waals surface area contributed by atoms with Crippen molar-refractivity contribution in [2.45, 2.75) is 61.8 Å². The summed E-state index contributed by atoms with van der Waals surface area (Å²) < 4.78 is 14.0. The molecule has 0 aliphatic carbocycles. The molecule has 2 rings (SSSR count). The van der Waals surface area contributed by atoms with E-state index in [0.29, 0.717) is 17.7 Å². The Bertz CT molecular complexity index is 1030. The van der Waals surface area contributed by atoms with Gasteiger partial charge in [0.1, 0.15) is 29.5 Å². The van der Waals surface area contributed by atoms with Crippen LogP contribution in [0.25, 0.3) is 0 Å². The molecule has 0 aromatic heterocycles. The Balaban J connectivity index is 2.14. The van der Waals surface area contributed by atoms with Gasteiger partial charge in [0.15, 0.2) is 6.61 Å². The zero-order chi connectivity index (χ0) is 28.5. The summed E-state index contributed by atoms with van der Waals surface area (Å²) in [7, 11) is 0. The summed E-state index contributed by atoms with van der Waals surface area (Å²) in [6.45, 7) is 6.12. The van der Waals surface area contributed by atoms with Crippen LogP contribution in [0.5, 0.6) is 5.75 Å². The Morgan fingerprint density at radius 3 is 2.39 bits per heavy atom. The highest BCUT2D eigenvalue weighted by molar-refractivity contribution is 8.00. The Morgan fingerprint density at radius 1 is 1.16 bits per heavy atom. The molecule has 1 aliphatic rings. The fourth-order valence-electron chi connectivity index (χ4n) is 3.27. The Hall–Kier alpha value is -2.14. The highest BCUT2D eigenvalue weighted by atomic mass is 35.6. The maximum absolute atomic E-state index is 13.2. The van der Waals surface area contributed by atoms with Crippen molar-refractivity contribution in [2.24, 2.45) is 0 Å². The highest BCUT2D eigenvalue weighted by Gasteiger charge is 2.52. The average Bonchev–Trinajstić information content (AvgIpc) is 2.86. The van der Waals surface area contributed by atoms with E-state index in [2.05, 4.69) is 5.32 Å². The van der Waals surface area contributed by atoms with Gasteiger partial charge in [-0.1, -0.05) is 59.9 Å². The molecular formula is C25H31Cl3N2O7S. The number of carbonyl (C=O) groups is 4. The van der Waals surface area contributed by atoms with Crippen LogP contribution in [0.1, 0.15) is 40.5 Å². The summed E-state index contributed by atoms with van der Waals surface area (Å²) in [6.07, 6.45) is 0.548. The molecule has 9 nitrogen and oxygen atoms in total. The lowest BCUT2D eigenvalue weighted by Crippen LogP contribution is -2.70. The minimum absolute atomic E-state index is 0.0324. The second kappa shape index (κ2) is 14.9. The van der Waals surface area contributed by atoms with Crippen molar-refractivity contribution in [3.63, 3.8) is 0 Å². The number of thioether (sulfide) groups is 1. The first-order chi connectivity index (χ1) is 17.8. The standard InChI is InChI=1S/C25H31Cl3N2O7S/c1-5-16(4)37-19(32)11-12-38-23-20(29-18(31)13-35-17-9-7-6-8-10-17)22(33)30(23)21(15(2)3)24(34)36-14-25(26,27)28/h6-10,16,20,23H,5,11-14H2,1-4H3,(H,29,31). The number of alkyl halides is 3. The molecule has 3 atom stereocenters. The van der Waals surface area contributed by atoms with Gasteiger partial charge in [0, 0.05) is 5.75 Å². The van der Waals surface area contributed by atoms with Crippen molar-refractivity contribution in [1.82, 2.24) is 10.2 Å². The Labute approximate surface area is 241 Å². The largest absolute Gasteiger partial charge is 0.484 e. The number of hydrogen-bond acceptors (Lipinski definition) is 8. The molecule has 1 saturated heterocycles. The minimum Gasteiger partial charge on any atom is -0.484 e. The van der Waals surface area contributed by atoms with E-state index < -0.39 is 39.6 Å². The number of ether oxygens (including phenoxy) is 3. The van der Waals surface area contributed by atoms with Gasteiger partial charge < -0.3 is 19.5 Å². The van der Waals surface area contributed by atoms with Crippen LogP contribution in [0, 0.1) is 0 Å². The molecule has 0 spiro atoms. The number of amides is 2. The molecule has 1 aliphatic heterocycles. The molecule has 13 heteroatoms. The van der Waals surface area contributed by atoms with Gasteiger partial charge in [-0.15, -0.1) is 11.8 Å². The SMILES string of the molecule is CCC(C)OC(=O)CCSC1C(NC(=O)COc2ccccc2)C(=O)N1C(C(=O)OCC(Cl)(Cl)Cl)=C(C)C. The third-order valence-electron chi connectivity index (χ3n) is 5.25. The van der Waals surface area contributed by atoms with E-state index in [-0.39, 0.29) is 36.6 Å². The van der Waals surface area contributed by atoms with Gasteiger partial charge in [0.05, 0.1) is 12.5 Å². The number of nitrogens with one attached hydrogen (secondary N) is 1. The third kappa shape index (κ3) is 9.87. The smallest absolute Gasteiger partial charge is 0.355 e. The summed E-state index contributed by atoms with van der Waals surface area (Å²) >= 11 is 18.3. The van der Waals surface area contributed by atoms with E-state index in [4.69, 9.17) is 49.0 Å². The number of β-lactam (4-membered cyclic amide) rings is 1. The van der Waals surface area contributed by atoms with E-state index in [1.54, 1.807) is 45.0 Å². The van der Waals surface area contributed by atoms with Crippen molar-refractivity contribution in [1.29, 1.82) is 0 Å². The van der Waals surface area contributed by atoms with Crippen LogP contribution in [0.4, 0.5) is 0 Å². The molecule has 1 N–H and O–H groups in total. The van der Waals surface area contributed by atoms with Crippen LogP contribution in [-0.4, -0.2) is 68.9 Å². The van der Waals surface area contributed by atoms with Crippen molar-refractivity contribution in [2.75, 3.05) is 19.0 Å². The van der Waals surface area contributed by atoms with Crippen LogP contribution in [0.2, 0.25) is 0 Å². The first kappa shape index (κ1) is 32.1. The number of likely N-dealkylation sites (tertiary alicyclic amines) is 1. The van der Waals surface area contributed by atoms with E-state index in [9.17, 15) is 19.2 Å². The van der Waals surface area contributed by atoms with E-state index in [0.717, 1.165) is 0 Å². The quantitative estimate of drug-likeness (QED) is 0.152. The Kier molecular flexibility index (Phi) is 12.5. The number of para-hydroxylation sites is 1. The number of halogens is 3. The fourth-order valence-corrected chi connectivity index (χ4v) is 4.70. The lowest BCUT2D eigenvalue weighted by molar-refractivity contribution is -0.152. The zero-order valence-corrected chi connectivity index (χ0v) is 24.6. The zero-order valence-electron chi connectivity index (χ0n) is 21.5. The predicted octanol–water partition coefficient (Wildman–Crippen LogP) is 4.39. The summed E-state index contributed by atoms with van der Waals surface area (Å²) in [6, 6.07) is 7.78. The molecular weight excluding hydrogens is 579 g/mol. The van der Waals surface area contributed by atoms with Gasteiger partial charge in [0.25, 0.3) is 11.8 Å². The number of allylic oxidation sites excluding steroid dienone is 1. The van der Waals surface area contributed by atoms with Crippen LogP contribution < -0.4 is 10.1 Å². The lowest BCUT2D eigenvalue weighted by Gasteiger charge is -2.47. The van der Waals surface area contributed by atoms with Gasteiger partial charge in [-0.3, -0.25) is 19.3 Å². The predicted molar refractivity (Wildman–Crippen MR) is 147 cm³/mol. The molecule has 38 heavy (non-hydrogen) atoms. The van der Waals surface area contributed by atoms with Gasteiger partial charge in [-0.05, 0) is 44.9 Å². The maximum Gasteiger partial charge on any atom is 0.355 e. The first-order valence-electron chi connectivity index (χ1n) is 11.9. The summed E-state index contributed by atoms with van der Waals surface area (Å²) in [5.74, 6) is -1.52. The molecule has 1 aromatic rings. The van der Waals surface area contributed by atoms with Gasteiger partial charge in [-0.2, -0.15) is 0 Å².